The van der Waals surface area contributed by atoms with E-state index in [1.807, 2.05) is 11.0 Å². The molecule has 2 aromatic carbocycles. The number of benzene rings is 2. The molecular formula is C30H34F3N3O6. The monoisotopic (exact) mass is 589 g/mol. The Morgan fingerprint density at radius 3 is 2.60 bits per heavy atom. The first-order valence-corrected chi connectivity index (χ1v) is 13.6. The highest BCUT2D eigenvalue weighted by Gasteiger charge is 2.32. The van der Waals surface area contributed by atoms with Gasteiger partial charge in [-0.3, -0.25) is 14.5 Å². The fourth-order valence-electron chi connectivity index (χ4n) is 5.04. The van der Waals surface area contributed by atoms with Crippen LogP contribution in [0.2, 0.25) is 0 Å². The molecule has 1 aliphatic heterocycles. The number of likely N-dealkylation sites (tertiary alicyclic amines) is 1. The molecular weight excluding hydrogens is 555 g/mol. The van der Waals surface area contributed by atoms with Crippen LogP contribution < -0.4 is 9.47 Å². The lowest BCUT2D eigenvalue weighted by molar-refractivity contribution is -0.149. The summed E-state index contributed by atoms with van der Waals surface area (Å²) in [5.74, 6) is 0.146. The van der Waals surface area contributed by atoms with Crippen molar-refractivity contribution in [3.63, 3.8) is 0 Å². The summed E-state index contributed by atoms with van der Waals surface area (Å²) in [5.41, 5.74) is 0.524. The van der Waals surface area contributed by atoms with E-state index in [-0.39, 0.29) is 56.2 Å². The average Bonchev–Trinajstić information content (AvgIpc) is 3.44. The number of amides is 1. The lowest BCUT2D eigenvalue weighted by Crippen LogP contribution is -2.43. The fraction of sp³-hybridized carbons (Fsp3) is 0.433. The molecule has 2 heterocycles. The van der Waals surface area contributed by atoms with E-state index in [4.69, 9.17) is 18.6 Å². The Balaban J connectivity index is 1.55. The first-order chi connectivity index (χ1) is 20.1. The summed E-state index contributed by atoms with van der Waals surface area (Å²) in [4.78, 5) is 33.2. The Labute approximate surface area is 242 Å². The standard InChI is InChI=1S/C30H34F3N3O6/c1-4-41-29(38)22-10-7-13-36(17-22)28(37)24-19-42-26(34-24)18-35(15-20-8-5-11-23(14-20)30(31,32)33)16-21-9-6-12-25(39-2)27(21)40-3/h5-6,8-9,11-12,14,19,22H,4,7,10,13,15-18H2,1-3H3/t22-/m1/s1. The van der Waals surface area contributed by atoms with Gasteiger partial charge in [-0.2, -0.15) is 13.2 Å². The van der Waals surface area contributed by atoms with Gasteiger partial charge in [-0.25, -0.2) is 4.98 Å². The number of methoxy groups -OCH3 is 2. The molecule has 0 spiro atoms. The number of carbonyl (C=O) groups excluding carboxylic acids is 2. The zero-order chi connectivity index (χ0) is 30.3. The van der Waals surface area contributed by atoms with E-state index < -0.39 is 17.7 Å². The minimum Gasteiger partial charge on any atom is -0.493 e. The van der Waals surface area contributed by atoms with Gasteiger partial charge in [-0.05, 0) is 37.5 Å². The molecule has 0 unspecified atom stereocenters. The van der Waals surface area contributed by atoms with Crippen LogP contribution in [0.25, 0.3) is 0 Å². The summed E-state index contributed by atoms with van der Waals surface area (Å²) in [6, 6.07) is 10.5. The number of rotatable bonds is 11. The van der Waals surface area contributed by atoms with Crippen LogP contribution in [0.5, 0.6) is 11.5 Å². The highest BCUT2D eigenvalue weighted by atomic mass is 19.4. The van der Waals surface area contributed by atoms with Crippen LogP contribution in [0.4, 0.5) is 13.2 Å². The number of esters is 1. The quantitative estimate of drug-likeness (QED) is 0.277. The molecule has 0 saturated carbocycles. The third-order valence-corrected chi connectivity index (χ3v) is 7.00. The predicted molar refractivity (Wildman–Crippen MR) is 146 cm³/mol. The Kier molecular flexibility index (Phi) is 10.1. The SMILES string of the molecule is CCOC(=O)[C@@H]1CCCN(C(=O)c2coc(CN(Cc3cccc(C(F)(F)F)c3)Cc3cccc(OC)c3OC)n2)C1. The molecule has 1 aliphatic rings. The van der Waals surface area contributed by atoms with Gasteiger partial charge in [-0.15, -0.1) is 0 Å². The van der Waals surface area contributed by atoms with E-state index in [9.17, 15) is 22.8 Å². The maximum atomic E-state index is 13.4. The number of hydrogen-bond acceptors (Lipinski definition) is 8. The summed E-state index contributed by atoms with van der Waals surface area (Å²) >= 11 is 0. The summed E-state index contributed by atoms with van der Waals surface area (Å²) in [6.45, 7) is 3.20. The Hall–Kier alpha value is -4.06. The normalized spacial score (nSPS) is 15.5. The average molecular weight is 590 g/mol. The molecule has 1 saturated heterocycles. The number of aromatic nitrogens is 1. The van der Waals surface area contributed by atoms with Crippen molar-refractivity contribution in [2.75, 3.05) is 33.9 Å². The summed E-state index contributed by atoms with van der Waals surface area (Å²) in [5, 5.41) is 0. The Bertz CT molecular complexity index is 1380. The second-order valence-corrected chi connectivity index (χ2v) is 9.96. The number of alkyl halides is 3. The van der Waals surface area contributed by atoms with Crippen LogP contribution in [0.1, 0.15) is 52.8 Å². The summed E-state index contributed by atoms with van der Waals surface area (Å²) < 4.78 is 61.9. The number of oxazole rings is 1. The van der Waals surface area contributed by atoms with Crippen LogP contribution in [0, 0.1) is 5.92 Å². The number of hydrogen-bond donors (Lipinski definition) is 0. The molecule has 0 aliphatic carbocycles. The van der Waals surface area contributed by atoms with Gasteiger partial charge in [0.25, 0.3) is 5.91 Å². The first-order valence-electron chi connectivity index (χ1n) is 13.6. The summed E-state index contributed by atoms with van der Waals surface area (Å²) in [6.07, 6.45) is -1.91. The predicted octanol–water partition coefficient (Wildman–Crippen LogP) is 5.33. The number of piperidine rings is 1. The van der Waals surface area contributed by atoms with Gasteiger partial charge in [0.05, 0.1) is 38.9 Å². The van der Waals surface area contributed by atoms with E-state index in [1.165, 1.54) is 26.5 Å². The van der Waals surface area contributed by atoms with Crippen LogP contribution in [-0.2, 0) is 35.3 Å². The van der Waals surface area contributed by atoms with E-state index in [0.717, 1.165) is 17.7 Å². The molecule has 1 fully saturated rings. The van der Waals surface area contributed by atoms with Crippen LogP contribution in [0.3, 0.4) is 0 Å². The number of para-hydroxylation sites is 1. The van der Waals surface area contributed by atoms with Gasteiger partial charge >= 0.3 is 12.1 Å². The van der Waals surface area contributed by atoms with Crippen molar-refractivity contribution in [2.24, 2.45) is 5.92 Å². The van der Waals surface area contributed by atoms with Crippen molar-refractivity contribution in [3.8, 4) is 11.5 Å². The highest BCUT2D eigenvalue weighted by molar-refractivity contribution is 5.92. The van der Waals surface area contributed by atoms with Crippen molar-refractivity contribution in [2.45, 2.75) is 45.6 Å². The first kappa shape index (κ1) is 30.9. The van der Waals surface area contributed by atoms with E-state index in [1.54, 1.807) is 30.0 Å². The van der Waals surface area contributed by atoms with Crippen molar-refractivity contribution < 1.29 is 41.4 Å². The van der Waals surface area contributed by atoms with Crippen molar-refractivity contribution in [3.05, 3.63) is 77.0 Å². The van der Waals surface area contributed by atoms with Crippen molar-refractivity contribution >= 4 is 11.9 Å². The number of halogens is 3. The molecule has 1 aromatic heterocycles. The molecule has 42 heavy (non-hydrogen) atoms. The molecule has 226 valence electrons. The fourth-order valence-corrected chi connectivity index (χ4v) is 5.04. The molecule has 12 heteroatoms. The smallest absolute Gasteiger partial charge is 0.416 e. The second-order valence-electron chi connectivity index (χ2n) is 9.96. The molecule has 1 atom stereocenters. The minimum atomic E-state index is -4.48. The van der Waals surface area contributed by atoms with Crippen LogP contribution in [-0.4, -0.2) is 60.6 Å². The minimum absolute atomic E-state index is 0.0903. The molecule has 0 radical (unpaired) electrons. The van der Waals surface area contributed by atoms with Crippen LogP contribution in [0.15, 0.2) is 53.1 Å². The molecule has 9 nitrogen and oxygen atoms in total. The van der Waals surface area contributed by atoms with Crippen molar-refractivity contribution in [1.82, 2.24) is 14.8 Å². The van der Waals surface area contributed by atoms with Gasteiger partial charge in [-0.1, -0.05) is 30.3 Å². The van der Waals surface area contributed by atoms with E-state index in [0.29, 0.717) is 36.4 Å². The molecule has 4 rings (SSSR count). The van der Waals surface area contributed by atoms with Gasteiger partial charge in [0.2, 0.25) is 5.89 Å². The third-order valence-electron chi connectivity index (χ3n) is 7.00. The molecule has 0 bridgehead atoms. The van der Waals surface area contributed by atoms with Gasteiger partial charge in [0, 0.05) is 31.7 Å². The van der Waals surface area contributed by atoms with Gasteiger partial charge in [0.15, 0.2) is 17.2 Å². The lowest BCUT2D eigenvalue weighted by Gasteiger charge is -2.30. The van der Waals surface area contributed by atoms with Gasteiger partial charge < -0.3 is 23.5 Å². The Morgan fingerprint density at radius 2 is 1.88 bits per heavy atom. The number of ether oxygens (including phenoxy) is 3. The summed E-state index contributed by atoms with van der Waals surface area (Å²) in [7, 11) is 3.03. The topological polar surface area (TPSA) is 94.3 Å². The lowest BCUT2D eigenvalue weighted by atomic mass is 9.98. The molecule has 0 N–H and O–H groups in total. The molecule has 1 amide bonds. The number of carbonyl (C=O) groups is 2. The van der Waals surface area contributed by atoms with E-state index >= 15 is 0 Å². The van der Waals surface area contributed by atoms with Crippen LogP contribution >= 0.6 is 0 Å². The largest absolute Gasteiger partial charge is 0.493 e. The van der Waals surface area contributed by atoms with E-state index in [2.05, 4.69) is 4.98 Å². The van der Waals surface area contributed by atoms with Crippen molar-refractivity contribution in [1.29, 1.82) is 0 Å². The maximum absolute atomic E-state index is 13.4. The number of nitrogens with zero attached hydrogens (tertiary/aromatic N) is 3. The zero-order valence-corrected chi connectivity index (χ0v) is 23.8. The maximum Gasteiger partial charge on any atom is 0.416 e. The zero-order valence-electron chi connectivity index (χ0n) is 23.8. The Morgan fingerprint density at radius 1 is 1.10 bits per heavy atom. The third kappa shape index (κ3) is 7.61. The highest BCUT2D eigenvalue weighted by Crippen LogP contribution is 2.33. The second kappa shape index (κ2) is 13.7. The molecule has 3 aromatic rings. The van der Waals surface area contributed by atoms with Gasteiger partial charge in [0.1, 0.15) is 6.26 Å².